The quantitative estimate of drug-likeness (QED) is 0.775. The van der Waals surface area contributed by atoms with Crippen LogP contribution < -0.4 is 4.74 Å². The van der Waals surface area contributed by atoms with Crippen LogP contribution in [-0.4, -0.2) is 6.29 Å². The van der Waals surface area contributed by atoms with Crippen LogP contribution in [0.25, 0.3) is 0 Å². The fourth-order valence-electron chi connectivity index (χ4n) is 1.51. The molecular formula is C14H10F2O2. The van der Waals surface area contributed by atoms with E-state index in [2.05, 4.69) is 0 Å². The first kappa shape index (κ1) is 12.2. The monoisotopic (exact) mass is 248 g/mol. The molecule has 0 N–H and O–H groups in total. The lowest BCUT2D eigenvalue weighted by Crippen LogP contribution is -1.99. The van der Waals surface area contributed by atoms with Gasteiger partial charge in [0.15, 0.2) is 0 Å². The van der Waals surface area contributed by atoms with Crippen LogP contribution in [0.3, 0.4) is 0 Å². The number of hydrogen-bond donors (Lipinski definition) is 0. The fourth-order valence-corrected chi connectivity index (χ4v) is 1.51. The predicted octanol–water partition coefficient (Wildman–Crippen LogP) is 3.36. The molecule has 0 spiro atoms. The first-order valence-electron chi connectivity index (χ1n) is 5.31. The summed E-state index contributed by atoms with van der Waals surface area (Å²) in [5.41, 5.74) is 0.549. The second-order valence-electron chi connectivity index (χ2n) is 3.72. The summed E-state index contributed by atoms with van der Waals surface area (Å²) in [4.78, 5) is 10.6. The Bertz CT molecular complexity index is 567. The molecule has 0 aliphatic carbocycles. The van der Waals surface area contributed by atoms with Crippen molar-refractivity contribution in [3.8, 4) is 5.75 Å². The molecule has 0 atom stereocenters. The van der Waals surface area contributed by atoms with E-state index in [4.69, 9.17) is 4.74 Å². The van der Waals surface area contributed by atoms with Crippen LogP contribution in [0.5, 0.6) is 5.75 Å². The van der Waals surface area contributed by atoms with Crippen molar-refractivity contribution in [2.24, 2.45) is 0 Å². The molecule has 2 rings (SSSR count). The molecule has 0 bridgehead atoms. The standard InChI is InChI=1S/C14H10F2O2/c15-12-5-10(8-17)6-13(7-12)18-9-11-3-1-2-4-14(11)16/h1-8H,9H2. The SMILES string of the molecule is O=Cc1cc(F)cc(OCc2ccccc2F)c1. The number of rotatable bonds is 4. The zero-order chi connectivity index (χ0) is 13.0. The van der Waals surface area contributed by atoms with Crippen molar-refractivity contribution in [2.75, 3.05) is 0 Å². The van der Waals surface area contributed by atoms with Gasteiger partial charge in [-0.2, -0.15) is 0 Å². The van der Waals surface area contributed by atoms with Crippen molar-refractivity contribution in [1.29, 1.82) is 0 Å². The van der Waals surface area contributed by atoms with E-state index < -0.39 is 5.82 Å². The minimum atomic E-state index is -0.567. The van der Waals surface area contributed by atoms with Crippen molar-refractivity contribution in [3.05, 3.63) is 65.2 Å². The molecule has 0 heterocycles. The second kappa shape index (κ2) is 5.40. The van der Waals surface area contributed by atoms with Gasteiger partial charge in [-0.3, -0.25) is 4.79 Å². The highest BCUT2D eigenvalue weighted by Gasteiger charge is 2.04. The van der Waals surface area contributed by atoms with E-state index in [0.29, 0.717) is 11.8 Å². The minimum Gasteiger partial charge on any atom is -0.489 e. The maximum atomic E-state index is 13.3. The van der Waals surface area contributed by atoms with Gasteiger partial charge in [0.25, 0.3) is 0 Å². The Morgan fingerprint density at radius 3 is 2.61 bits per heavy atom. The Labute approximate surface area is 103 Å². The smallest absolute Gasteiger partial charge is 0.150 e. The number of aldehydes is 1. The average molecular weight is 248 g/mol. The Morgan fingerprint density at radius 2 is 1.89 bits per heavy atom. The summed E-state index contributed by atoms with van der Waals surface area (Å²) in [6, 6.07) is 9.81. The van der Waals surface area contributed by atoms with Crippen molar-refractivity contribution < 1.29 is 18.3 Å². The maximum Gasteiger partial charge on any atom is 0.150 e. The van der Waals surface area contributed by atoms with Gasteiger partial charge < -0.3 is 4.74 Å². The molecule has 2 nitrogen and oxygen atoms in total. The first-order valence-corrected chi connectivity index (χ1v) is 5.31. The number of carbonyl (C=O) groups is 1. The predicted molar refractivity (Wildman–Crippen MR) is 62.5 cm³/mol. The molecule has 0 aliphatic heterocycles. The first-order chi connectivity index (χ1) is 8.69. The van der Waals surface area contributed by atoms with Crippen molar-refractivity contribution in [1.82, 2.24) is 0 Å². The number of ether oxygens (including phenoxy) is 1. The van der Waals surface area contributed by atoms with Gasteiger partial charge in [-0.25, -0.2) is 8.78 Å². The number of benzene rings is 2. The topological polar surface area (TPSA) is 26.3 Å². The molecule has 0 saturated carbocycles. The molecule has 0 fully saturated rings. The summed E-state index contributed by atoms with van der Waals surface area (Å²) in [5, 5.41) is 0. The molecule has 18 heavy (non-hydrogen) atoms. The van der Waals surface area contributed by atoms with Gasteiger partial charge in [0, 0.05) is 17.2 Å². The largest absolute Gasteiger partial charge is 0.489 e. The van der Waals surface area contributed by atoms with E-state index in [-0.39, 0.29) is 23.7 Å². The van der Waals surface area contributed by atoms with Crippen LogP contribution in [0.2, 0.25) is 0 Å². The number of halogens is 2. The van der Waals surface area contributed by atoms with Gasteiger partial charge in [-0.15, -0.1) is 0 Å². The van der Waals surface area contributed by atoms with Gasteiger partial charge in [-0.1, -0.05) is 18.2 Å². The average Bonchev–Trinajstić information content (AvgIpc) is 2.37. The second-order valence-corrected chi connectivity index (χ2v) is 3.72. The van der Waals surface area contributed by atoms with Crippen LogP contribution in [0.1, 0.15) is 15.9 Å². The lowest BCUT2D eigenvalue weighted by molar-refractivity contribution is 0.112. The zero-order valence-electron chi connectivity index (χ0n) is 9.40. The van der Waals surface area contributed by atoms with Crippen LogP contribution in [-0.2, 0) is 6.61 Å². The zero-order valence-corrected chi connectivity index (χ0v) is 9.40. The molecule has 4 heteroatoms. The summed E-state index contributed by atoms with van der Waals surface area (Å²) in [5.74, 6) is -0.756. The Morgan fingerprint density at radius 1 is 1.11 bits per heavy atom. The molecule has 2 aromatic carbocycles. The van der Waals surface area contributed by atoms with Gasteiger partial charge in [-0.05, 0) is 18.2 Å². The molecule has 0 aromatic heterocycles. The Hall–Kier alpha value is -2.23. The van der Waals surface area contributed by atoms with Crippen molar-refractivity contribution >= 4 is 6.29 Å². The van der Waals surface area contributed by atoms with Crippen LogP contribution in [0.4, 0.5) is 8.78 Å². The highest BCUT2D eigenvalue weighted by atomic mass is 19.1. The van der Waals surface area contributed by atoms with Crippen LogP contribution in [0, 0.1) is 11.6 Å². The molecule has 92 valence electrons. The summed E-state index contributed by atoms with van der Waals surface area (Å²) < 4.78 is 31.7. The molecular weight excluding hydrogens is 238 g/mol. The number of carbonyl (C=O) groups excluding carboxylic acids is 1. The third kappa shape index (κ3) is 2.91. The van der Waals surface area contributed by atoms with Crippen LogP contribution in [0.15, 0.2) is 42.5 Å². The van der Waals surface area contributed by atoms with Crippen LogP contribution >= 0.6 is 0 Å². The molecule has 2 aromatic rings. The molecule has 0 unspecified atom stereocenters. The van der Waals surface area contributed by atoms with Gasteiger partial charge in [0.1, 0.15) is 30.3 Å². The van der Waals surface area contributed by atoms with E-state index >= 15 is 0 Å². The van der Waals surface area contributed by atoms with Gasteiger partial charge in [0.05, 0.1) is 0 Å². The molecule has 0 aliphatic rings. The van der Waals surface area contributed by atoms with E-state index in [1.54, 1.807) is 18.2 Å². The minimum absolute atomic E-state index is 0.0194. The summed E-state index contributed by atoms with van der Waals surface area (Å²) in [6.45, 7) is -0.0194. The molecule has 0 saturated heterocycles. The van der Waals surface area contributed by atoms with Crippen molar-refractivity contribution in [3.63, 3.8) is 0 Å². The van der Waals surface area contributed by atoms with E-state index in [0.717, 1.165) is 12.1 Å². The summed E-state index contributed by atoms with van der Waals surface area (Å²) >= 11 is 0. The third-order valence-corrected chi connectivity index (χ3v) is 2.38. The lowest BCUT2D eigenvalue weighted by atomic mass is 10.2. The van der Waals surface area contributed by atoms with E-state index in [1.807, 2.05) is 0 Å². The highest BCUT2D eigenvalue weighted by molar-refractivity contribution is 5.75. The summed E-state index contributed by atoms with van der Waals surface area (Å²) in [6.07, 6.45) is 0.527. The van der Waals surface area contributed by atoms with Crippen molar-refractivity contribution in [2.45, 2.75) is 6.61 Å². The Balaban J connectivity index is 2.13. The normalized spacial score (nSPS) is 10.1. The highest BCUT2D eigenvalue weighted by Crippen LogP contribution is 2.17. The van der Waals surface area contributed by atoms with E-state index in [1.165, 1.54) is 12.1 Å². The lowest BCUT2D eigenvalue weighted by Gasteiger charge is -2.07. The molecule has 0 amide bonds. The van der Waals surface area contributed by atoms with Gasteiger partial charge >= 0.3 is 0 Å². The third-order valence-electron chi connectivity index (χ3n) is 2.38. The van der Waals surface area contributed by atoms with E-state index in [9.17, 15) is 13.6 Å². The summed E-state index contributed by atoms with van der Waals surface area (Å²) in [7, 11) is 0. The fraction of sp³-hybridized carbons (Fsp3) is 0.0714. The Kier molecular flexibility index (Phi) is 3.67. The maximum absolute atomic E-state index is 13.3. The number of hydrogen-bond acceptors (Lipinski definition) is 2. The molecule has 0 radical (unpaired) electrons. The van der Waals surface area contributed by atoms with Gasteiger partial charge in [0.2, 0.25) is 0 Å².